The number of carbonyl (C=O) groups excluding carboxylic acids is 3. The van der Waals surface area contributed by atoms with E-state index in [1.54, 1.807) is 54.6 Å². The first kappa shape index (κ1) is 24.0. The van der Waals surface area contributed by atoms with Crippen molar-refractivity contribution in [2.75, 3.05) is 17.1 Å². The van der Waals surface area contributed by atoms with Gasteiger partial charge in [0.15, 0.2) is 0 Å². The van der Waals surface area contributed by atoms with Gasteiger partial charge in [-0.25, -0.2) is 8.42 Å². The summed E-state index contributed by atoms with van der Waals surface area (Å²) in [6.45, 7) is 0.167. The first-order valence-corrected chi connectivity index (χ1v) is 12.2. The van der Waals surface area contributed by atoms with Crippen LogP contribution in [0.5, 0.6) is 5.75 Å². The molecule has 2 N–H and O–H groups in total. The van der Waals surface area contributed by atoms with Gasteiger partial charge in [-0.05, 0) is 60.2 Å². The highest BCUT2D eigenvalue weighted by Crippen LogP contribution is 2.22. The van der Waals surface area contributed by atoms with Crippen molar-refractivity contribution >= 4 is 39.1 Å². The van der Waals surface area contributed by atoms with Crippen molar-refractivity contribution in [1.82, 2.24) is 4.90 Å². The molecule has 1 saturated heterocycles. The Bertz CT molecular complexity index is 1350. The predicted molar refractivity (Wildman–Crippen MR) is 129 cm³/mol. The van der Waals surface area contributed by atoms with Crippen molar-refractivity contribution in [3.8, 4) is 5.75 Å². The van der Waals surface area contributed by atoms with Gasteiger partial charge in [0.05, 0.1) is 18.6 Å². The van der Waals surface area contributed by atoms with Crippen LogP contribution in [-0.4, -0.2) is 38.1 Å². The Morgan fingerprint density at radius 2 is 1.57 bits per heavy atom. The predicted octanol–water partition coefficient (Wildman–Crippen LogP) is 3.40. The number of nitrogens with zero attached hydrogens (tertiary/aromatic N) is 1. The molecule has 3 aromatic rings. The van der Waals surface area contributed by atoms with E-state index in [2.05, 4.69) is 10.0 Å². The molecule has 0 aromatic heterocycles. The van der Waals surface area contributed by atoms with Gasteiger partial charge in [0.25, 0.3) is 15.9 Å². The number of benzene rings is 3. The number of sulfonamides is 1. The van der Waals surface area contributed by atoms with E-state index in [0.29, 0.717) is 22.7 Å². The summed E-state index contributed by atoms with van der Waals surface area (Å²) in [6.07, 6.45) is 0.452. The van der Waals surface area contributed by atoms with Gasteiger partial charge in [-0.15, -0.1) is 0 Å². The van der Waals surface area contributed by atoms with E-state index in [0.717, 1.165) is 5.56 Å². The zero-order valence-corrected chi connectivity index (χ0v) is 19.7. The molecule has 3 amide bonds. The van der Waals surface area contributed by atoms with Gasteiger partial charge in [0.1, 0.15) is 5.75 Å². The van der Waals surface area contributed by atoms with E-state index in [9.17, 15) is 22.8 Å². The number of imide groups is 1. The third-order valence-corrected chi connectivity index (χ3v) is 6.84. The molecule has 9 nitrogen and oxygen atoms in total. The summed E-state index contributed by atoms with van der Waals surface area (Å²) in [4.78, 5) is 37.4. The number of carbonyl (C=O) groups is 3. The van der Waals surface area contributed by atoms with Crippen molar-refractivity contribution in [2.45, 2.75) is 24.3 Å². The van der Waals surface area contributed by atoms with E-state index in [-0.39, 0.29) is 36.1 Å². The normalized spacial score (nSPS) is 13.6. The van der Waals surface area contributed by atoms with E-state index >= 15 is 0 Å². The minimum absolute atomic E-state index is 0.0126. The lowest BCUT2D eigenvalue weighted by atomic mass is 10.1. The molecular weight excluding hydrogens is 470 g/mol. The van der Waals surface area contributed by atoms with Crippen LogP contribution < -0.4 is 14.8 Å². The Kier molecular flexibility index (Phi) is 6.83. The van der Waals surface area contributed by atoms with Gasteiger partial charge in [-0.3, -0.25) is 24.0 Å². The maximum Gasteiger partial charge on any atom is 0.261 e. The summed E-state index contributed by atoms with van der Waals surface area (Å²) in [5.74, 6) is -0.229. The molecule has 0 bridgehead atoms. The largest absolute Gasteiger partial charge is 0.497 e. The summed E-state index contributed by atoms with van der Waals surface area (Å²) >= 11 is 0. The van der Waals surface area contributed by atoms with Crippen LogP contribution in [0.4, 0.5) is 11.4 Å². The highest BCUT2D eigenvalue weighted by molar-refractivity contribution is 7.92. The van der Waals surface area contributed by atoms with E-state index in [1.807, 2.05) is 0 Å². The van der Waals surface area contributed by atoms with E-state index in [1.165, 1.54) is 30.2 Å². The Morgan fingerprint density at radius 3 is 2.20 bits per heavy atom. The molecular formula is C25H23N3O6S. The van der Waals surface area contributed by atoms with Crippen LogP contribution in [0.3, 0.4) is 0 Å². The molecule has 1 aliphatic rings. The average molecular weight is 494 g/mol. The molecule has 0 atom stereocenters. The number of methoxy groups -OCH3 is 1. The van der Waals surface area contributed by atoms with Gasteiger partial charge >= 0.3 is 0 Å². The standard InChI is InChI=1S/C25H23N3O6S/c1-34-21-11-9-19(10-12-21)27-35(32,33)22-4-2-3-20(15-22)26-25(31)18-7-5-17(6-8-18)16-28-23(29)13-14-24(28)30/h2-12,15,27H,13-14,16H2,1H3,(H,26,31). The monoisotopic (exact) mass is 493 g/mol. The van der Waals surface area contributed by atoms with Gasteiger partial charge in [-0.2, -0.15) is 0 Å². The number of hydrogen-bond donors (Lipinski definition) is 2. The number of rotatable bonds is 8. The second kappa shape index (κ2) is 9.98. The Morgan fingerprint density at radius 1 is 0.914 bits per heavy atom. The third-order valence-electron chi connectivity index (χ3n) is 5.46. The molecule has 35 heavy (non-hydrogen) atoms. The first-order valence-electron chi connectivity index (χ1n) is 10.8. The van der Waals surface area contributed by atoms with Crippen LogP contribution in [0.15, 0.2) is 77.7 Å². The number of hydrogen-bond acceptors (Lipinski definition) is 6. The highest BCUT2D eigenvalue weighted by atomic mass is 32.2. The van der Waals surface area contributed by atoms with Crippen LogP contribution in [0.2, 0.25) is 0 Å². The summed E-state index contributed by atoms with van der Waals surface area (Å²) in [5, 5.41) is 2.69. The molecule has 1 aliphatic heterocycles. The lowest BCUT2D eigenvalue weighted by Crippen LogP contribution is -2.28. The average Bonchev–Trinajstić information content (AvgIpc) is 3.17. The molecule has 0 spiro atoms. The smallest absolute Gasteiger partial charge is 0.261 e. The highest BCUT2D eigenvalue weighted by Gasteiger charge is 2.28. The maximum atomic E-state index is 12.8. The number of nitrogens with one attached hydrogen (secondary N) is 2. The second-order valence-corrected chi connectivity index (χ2v) is 9.57. The quantitative estimate of drug-likeness (QED) is 0.464. The molecule has 180 valence electrons. The first-order chi connectivity index (χ1) is 16.7. The van der Waals surface area contributed by atoms with Gasteiger partial charge in [-0.1, -0.05) is 18.2 Å². The molecule has 1 fully saturated rings. The SMILES string of the molecule is COc1ccc(NS(=O)(=O)c2cccc(NC(=O)c3ccc(CN4C(=O)CCC4=O)cc3)c2)cc1. The van der Waals surface area contributed by atoms with Crippen molar-refractivity contribution in [1.29, 1.82) is 0 Å². The molecule has 0 unspecified atom stereocenters. The minimum Gasteiger partial charge on any atom is -0.497 e. The number of ether oxygens (including phenoxy) is 1. The molecule has 3 aromatic carbocycles. The number of amides is 3. The zero-order chi connectivity index (χ0) is 25.0. The lowest BCUT2D eigenvalue weighted by Gasteiger charge is -2.14. The van der Waals surface area contributed by atoms with Crippen molar-refractivity contribution in [3.05, 3.63) is 83.9 Å². The van der Waals surface area contributed by atoms with Gasteiger partial charge < -0.3 is 10.1 Å². The number of anilines is 2. The summed E-state index contributed by atoms with van der Waals surface area (Å²) in [7, 11) is -2.36. The summed E-state index contributed by atoms with van der Waals surface area (Å²) in [5.41, 5.74) is 1.75. The van der Waals surface area contributed by atoms with E-state index < -0.39 is 15.9 Å². The molecule has 10 heteroatoms. The zero-order valence-electron chi connectivity index (χ0n) is 18.9. The molecule has 4 rings (SSSR count). The summed E-state index contributed by atoms with van der Waals surface area (Å²) in [6, 6.07) is 18.9. The van der Waals surface area contributed by atoms with Crippen LogP contribution in [0.25, 0.3) is 0 Å². The van der Waals surface area contributed by atoms with Crippen molar-refractivity contribution in [2.24, 2.45) is 0 Å². The maximum absolute atomic E-state index is 12.8. The summed E-state index contributed by atoms with van der Waals surface area (Å²) < 4.78 is 33.1. The molecule has 1 heterocycles. The van der Waals surface area contributed by atoms with E-state index in [4.69, 9.17) is 4.74 Å². The van der Waals surface area contributed by atoms with Gasteiger partial charge in [0.2, 0.25) is 11.8 Å². The molecule has 0 aliphatic carbocycles. The molecule has 0 saturated carbocycles. The van der Waals surface area contributed by atoms with Gasteiger partial charge in [0, 0.05) is 29.8 Å². The van der Waals surface area contributed by atoms with Crippen LogP contribution in [0.1, 0.15) is 28.8 Å². The minimum atomic E-state index is -3.88. The fourth-order valence-electron chi connectivity index (χ4n) is 3.56. The van der Waals surface area contributed by atoms with Crippen LogP contribution in [0, 0.1) is 0 Å². The topological polar surface area (TPSA) is 122 Å². The van der Waals surface area contributed by atoms with Crippen LogP contribution in [-0.2, 0) is 26.2 Å². The third kappa shape index (κ3) is 5.67. The molecule has 0 radical (unpaired) electrons. The fraction of sp³-hybridized carbons (Fsp3) is 0.160. The Labute approximate surface area is 202 Å². The Hall–Kier alpha value is -4.18. The van der Waals surface area contributed by atoms with Crippen molar-refractivity contribution < 1.29 is 27.5 Å². The van der Waals surface area contributed by atoms with Crippen molar-refractivity contribution in [3.63, 3.8) is 0 Å². The second-order valence-electron chi connectivity index (χ2n) is 7.89. The Balaban J connectivity index is 1.42. The van der Waals surface area contributed by atoms with Crippen LogP contribution >= 0.6 is 0 Å². The number of likely N-dealkylation sites (tertiary alicyclic amines) is 1. The fourth-order valence-corrected chi connectivity index (χ4v) is 4.66. The lowest BCUT2D eigenvalue weighted by molar-refractivity contribution is -0.139.